The van der Waals surface area contributed by atoms with E-state index in [9.17, 15) is 62.3 Å². The Morgan fingerprint density at radius 2 is 0.741 bits per heavy atom. The van der Waals surface area contributed by atoms with Crippen LogP contribution in [0.25, 0.3) is 32.3 Å². The van der Waals surface area contributed by atoms with E-state index in [-0.39, 0.29) is 18.0 Å². The van der Waals surface area contributed by atoms with Crippen molar-refractivity contribution in [3.63, 3.8) is 0 Å². The number of hydrogen-bond donors (Lipinski definition) is 0. The third-order valence-corrected chi connectivity index (χ3v) is 13.0. The van der Waals surface area contributed by atoms with Crippen LogP contribution in [0.4, 0.5) is 87.8 Å². The van der Waals surface area contributed by atoms with E-state index in [1.54, 1.807) is 29.1 Å². The summed E-state index contributed by atoms with van der Waals surface area (Å²) < 4.78 is 302. The van der Waals surface area contributed by atoms with Crippen molar-refractivity contribution in [3.8, 4) is 5.75 Å². The number of carbonyl (C=O) groups is 2. The maximum atomic E-state index is 15.4. The first-order valence-electron chi connectivity index (χ1n) is 22.6. The van der Waals surface area contributed by atoms with Gasteiger partial charge in [0.25, 0.3) is 0 Å². The van der Waals surface area contributed by atoms with Gasteiger partial charge in [-0.15, -0.1) is 21.9 Å². The van der Waals surface area contributed by atoms with Crippen LogP contribution in [0.1, 0.15) is 20.8 Å². The second-order valence-corrected chi connectivity index (χ2v) is 17.4. The number of hydrogen-bond acceptors (Lipinski definition) is 4. The molecule has 10 aromatic rings. The number of halogens is 20. The highest BCUT2D eigenvalue weighted by Gasteiger charge is 2.52. The maximum Gasteiger partial charge on any atom is 0.368 e. The molecule has 0 N–H and O–H groups in total. The summed E-state index contributed by atoms with van der Waals surface area (Å²) in [7, 11) is 0. The quantitative estimate of drug-likeness (QED) is 0.0166. The minimum absolute atomic E-state index is 0.0574. The number of fused-ring (bicyclic) bond motifs is 3. The zero-order valence-corrected chi connectivity index (χ0v) is 39.4. The van der Waals surface area contributed by atoms with Crippen LogP contribution in [0.15, 0.2) is 116 Å². The molecule has 0 radical (unpaired) electrons. The molecular weight excluding hydrogens is 1130 g/mol. The summed E-state index contributed by atoms with van der Waals surface area (Å²) in [5, 5.41) is 5.84. The normalized spacial score (nSPS) is 11.6. The number of benzene rings is 9. The fraction of sp³-hybridized carbons (Fsp3) is 0.0182. The summed E-state index contributed by atoms with van der Waals surface area (Å²) in [6, 6.07) is 31.3. The first-order valence-corrected chi connectivity index (χ1v) is 22.6. The third-order valence-electron chi connectivity index (χ3n) is 13.0. The number of Topliss-reactive ketones (excluding diaryl/α,β-unsaturated/α-hetero) is 1. The summed E-state index contributed by atoms with van der Waals surface area (Å²) in [6.45, 7) is 0.0933. The first kappa shape index (κ1) is 56.4. The van der Waals surface area contributed by atoms with Crippen molar-refractivity contribution >= 4 is 72.1 Å². The molecule has 26 heteroatoms. The Morgan fingerprint density at radius 1 is 0.395 bits per heavy atom. The van der Waals surface area contributed by atoms with Crippen LogP contribution >= 0.6 is 0 Å². The predicted molar refractivity (Wildman–Crippen MR) is 248 cm³/mol. The Hall–Kier alpha value is -9.36. The molecule has 9 aromatic carbocycles. The van der Waals surface area contributed by atoms with Gasteiger partial charge < -0.3 is 4.74 Å². The van der Waals surface area contributed by atoms with Gasteiger partial charge in [-0.05, 0) is 39.7 Å². The number of esters is 1. The smallest absolute Gasteiger partial charge is 0.368 e. The number of rotatable bonds is 9. The molecule has 81 heavy (non-hydrogen) atoms. The van der Waals surface area contributed by atoms with Crippen molar-refractivity contribution in [1.82, 2.24) is 4.98 Å². The number of ketones is 1. The van der Waals surface area contributed by atoms with E-state index in [2.05, 4.69) is 29.2 Å². The number of nitrogens with zero attached hydrogens (tertiary/aromatic N) is 2. The van der Waals surface area contributed by atoms with Gasteiger partial charge in [0.2, 0.25) is 24.2 Å². The molecule has 10 rings (SSSR count). The molecule has 0 spiro atoms. The van der Waals surface area contributed by atoms with Gasteiger partial charge >= 0.3 is 5.97 Å². The third kappa shape index (κ3) is 9.16. The van der Waals surface area contributed by atoms with Gasteiger partial charge in [0.15, 0.2) is 76.0 Å². The molecule has 0 aliphatic rings. The molecule has 0 aliphatic heterocycles. The van der Waals surface area contributed by atoms with Crippen molar-refractivity contribution in [1.29, 1.82) is 0 Å². The van der Waals surface area contributed by atoms with Gasteiger partial charge in [0.05, 0.1) is 6.20 Å². The van der Waals surface area contributed by atoms with Gasteiger partial charge in [-0.2, -0.15) is 4.57 Å². The van der Waals surface area contributed by atoms with Gasteiger partial charge in [0, 0.05) is 16.3 Å². The van der Waals surface area contributed by atoms with Crippen LogP contribution in [-0.2, 0) is 6.54 Å². The molecule has 1 aromatic heterocycles. The van der Waals surface area contributed by atoms with Crippen LogP contribution in [0.3, 0.4) is 0 Å². The van der Waals surface area contributed by atoms with Gasteiger partial charge in [-0.25, -0.2) is 97.6 Å². The summed E-state index contributed by atoms with van der Waals surface area (Å²) in [4.78, 5) is 30.1. The highest BCUT2D eigenvalue weighted by atomic mass is 19.2. The second-order valence-electron chi connectivity index (χ2n) is 17.4. The summed E-state index contributed by atoms with van der Waals surface area (Å²) in [6.07, 6.45) is -2.50. The van der Waals surface area contributed by atoms with Gasteiger partial charge in [-0.3, -0.25) is 4.79 Å². The highest BCUT2D eigenvalue weighted by molar-refractivity contribution is 7.20. The molecule has 0 saturated heterocycles. The molecule has 0 unspecified atom stereocenters. The molecule has 0 atom stereocenters. The van der Waals surface area contributed by atoms with E-state index in [4.69, 9.17) is 4.74 Å². The number of carbonyl (C=O) groups excluding carboxylic acids is 2. The summed E-state index contributed by atoms with van der Waals surface area (Å²) in [5.74, 6) is -71.5. The largest absolute Gasteiger partial charge is 0.420 e. The molecule has 0 amide bonds. The fourth-order valence-electron chi connectivity index (χ4n) is 9.36. The van der Waals surface area contributed by atoms with E-state index >= 15 is 35.1 Å². The first-order chi connectivity index (χ1) is 38.4. The van der Waals surface area contributed by atoms with Crippen LogP contribution in [0.5, 0.6) is 5.75 Å². The molecular formula is C55H21BF20N2O3. The molecule has 0 saturated carbocycles. The average Bonchev–Trinajstić information content (AvgIpc) is 1.53. The van der Waals surface area contributed by atoms with E-state index in [1.165, 1.54) is 6.20 Å². The lowest BCUT2D eigenvalue weighted by Gasteiger charge is -2.44. The monoisotopic (exact) mass is 1150 g/mol. The van der Waals surface area contributed by atoms with E-state index in [0.29, 0.717) is 11.3 Å². The van der Waals surface area contributed by atoms with Crippen molar-refractivity contribution in [2.75, 3.05) is 0 Å². The Kier molecular flexibility index (Phi) is 14.9. The highest BCUT2D eigenvalue weighted by Crippen LogP contribution is 2.38. The Bertz CT molecular complexity index is 3920. The minimum Gasteiger partial charge on any atom is -0.420 e. The van der Waals surface area contributed by atoms with Crippen molar-refractivity contribution in [3.05, 3.63) is 243 Å². The molecule has 1 heterocycles. The maximum absolute atomic E-state index is 15.4. The Balaban J connectivity index is 0.000000200. The standard InChI is InChI=1S/C31H21N2O3.C24BF20/c34-29(21-8-2-1-3-9-21)20-33-15-14-32-28(19-33)31(35)36-30-26-13-7-6-12-24(26)17-25-16-22-10-4-5-11-23(22)18-27(25)30;26-5-1(6(27)14(35)21(42)13(5)34)25(2-7(28)15(36)22(43)16(37)8(2)29,3-9(30)17(38)23(44)18(39)10(3)31)4-11(32)19(40)24(45)20(41)12(4)33/h1-19H,20H2;/q+1;-1. The molecule has 5 nitrogen and oxygen atoms in total. The van der Waals surface area contributed by atoms with Gasteiger partial charge in [-0.1, -0.05) is 78.9 Å². The van der Waals surface area contributed by atoms with Crippen molar-refractivity contribution in [2.24, 2.45) is 0 Å². The molecule has 0 bridgehead atoms. The lowest BCUT2D eigenvalue weighted by molar-refractivity contribution is -0.683. The van der Waals surface area contributed by atoms with Crippen molar-refractivity contribution in [2.45, 2.75) is 6.54 Å². The predicted octanol–water partition coefficient (Wildman–Crippen LogP) is 11.8. The Morgan fingerprint density at radius 3 is 1.16 bits per heavy atom. The zero-order valence-electron chi connectivity index (χ0n) is 39.4. The SMILES string of the molecule is Fc1c(F)c(F)c([B-](c2c(F)c(F)c(F)c(F)c2F)(c2c(F)c(F)c(F)c(F)c2F)c2c(F)c(F)c(F)c(F)c2F)c(F)c1F.O=C(C[n+]1ccnc(C(=O)Oc2c3ccccc3cc3cc4ccccc4cc23)c1)c1ccccc1. The Labute approximate surface area is 438 Å². The van der Waals surface area contributed by atoms with Crippen LogP contribution < -0.4 is 31.2 Å². The van der Waals surface area contributed by atoms with Crippen LogP contribution in [0.2, 0.25) is 0 Å². The molecule has 0 aliphatic carbocycles. The number of aromatic nitrogens is 2. The minimum atomic E-state index is -7.22. The lowest BCUT2D eigenvalue weighted by atomic mass is 9.12. The summed E-state index contributed by atoms with van der Waals surface area (Å²) >= 11 is 0. The van der Waals surface area contributed by atoms with E-state index < -0.39 is 150 Å². The lowest BCUT2D eigenvalue weighted by Crippen LogP contribution is -2.81. The average molecular weight is 1150 g/mol. The summed E-state index contributed by atoms with van der Waals surface area (Å²) in [5.41, 5.74) is -13.6. The molecule has 0 fully saturated rings. The second kappa shape index (κ2) is 21.4. The zero-order chi connectivity index (χ0) is 58.8. The van der Waals surface area contributed by atoms with Gasteiger partial charge in [0.1, 0.15) is 58.4 Å². The van der Waals surface area contributed by atoms with E-state index in [0.717, 1.165) is 32.3 Å². The fourth-order valence-corrected chi connectivity index (χ4v) is 9.36. The van der Waals surface area contributed by atoms with Crippen LogP contribution in [-0.4, -0.2) is 22.9 Å². The topological polar surface area (TPSA) is 60.1 Å². The molecule has 412 valence electrons. The van der Waals surface area contributed by atoms with Crippen LogP contribution in [0, 0.1) is 116 Å². The van der Waals surface area contributed by atoms with E-state index in [1.807, 2.05) is 60.7 Å². The number of ether oxygens (including phenoxy) is 1. The van der Waals surface area contributed by atoms with Crippen molar-refractivity contribution < 1.29 is 107 Å².